The lowest BCUT2D eigenvalue weighted by Gasteiger charge is -2.15. The van der Waals surface area contributed by atoms with Crippen LogP contribution in [0.5, 0.6) is 5.75 Å². The summed E-state index contributed by atoms with van der Waals surface area (Å²) in [6.45, 7) is 3.98. The lowest BCUT2D eigenvalue weighted by molar-refractivity contribution is -0.127. The standard InChI is InChI=1S/C22H26N6O3S/c1-4-16-8-10-17(11-9-16)31-15(2)21(30)24-13-19-26-27-22(28(19)3)32-14-20(29)25-18-7-5-6-12-23-18/h5-12,15H,4,13-14H2,1-3H3,(H,24,30)(H,23,25,29)/t15-/m1/s1. The monoisotopic (exact) mass is 454 g/mol. The highest BCUT2D eigenvalue weighted by molar-refractivity contribution is 7.99. The van der Waals surface area contributed by atoms with Gasteiger partial charge in [-0.25, -0.2) is 4.98 Å². The van der Waals surface area contributed by atoms with Gasteiger partial charge in [0, 0.05) is 13.2 Å². The van der Waals surface area contributed by atoms with Gasteiger partial charge >= 0.3 is 0 Å². The quantitative estimate of drug-likeness (QED) is 0.453. The molecule has 3 aromatic rings. The van der Waals surface area contributed by atoms with E-state index in [0.29, 0.717) is 22.5 Å². The molecule has 2 N–H and O–H groups in total. The van der Waals surface area contributed by atoms with Crippen molar-refractivity contribution in [2.45, 2.75) is 38.1 Å². The van der Waals surface area contributed by atoms with Gasteiger partial charge in [0.2, 0.25) is 5.91 Å². The van der Waals surface area contributed by atoms with Crippen LogP contribution in [0.2, 0.25) is 0 Å². The van der Waals surface area contributed by atoms with E-state index in [1.165, 1.54) is 17.3 Å². The van der Waals surface area contributed by atoms with Gasteiger partial charge in [-0.3, -0.25) is 9.59 Å². The fourth-order valence-corrected chi connectivity index (χ4v) is 3.47. The van der Waals surface area contributed by atoms with Crippen LogP contribution in [0.25, 0.3) is 0 Å². The van der Waals surface area contributed by atoms with Crippen molar-refractivity contribution in [2.24, 2.45) is 7.05 Å². The van der Waals surface area contributed by atoms with Gasteiger partial charge in [0.25, 0.3) is 5.91 Å². The average molecular weight is 455 g/mol. The Morgan fingerprint density at radius 3 is 2.62 bits per heavy atom. The maximum Gasteiger partial charge on any atom is 0.261 e. The SMILES string of the molecule is CCc1ccc(O[C@H](C)C(=O)NCc2nnc(SCC(=O)Nc3ccccn3)n2C)cc1. The van der Waals surface area contributed by atoms with E-state index in [9.17, 15) is 9.59 Å². The summed E-state index contributed by atoms with van der Waals surface area (Å²) in [4.78, 5) is 28.5. The number of pyridine rings is 1. The normalized spacial score (nSPS) is 11.6. The number of thioether (sulfide) groups is 1. The molecule has 0 unspecified atom stereocenters. The van der Waals surface area contributed by atoms with E-state index in [1.54, 1.807) is 42.9 Å². The first-order valence-corrected chi connectivity index (χ1v) is 11.2. The van der Waals surface area contributed by atoms with E-state index in [0.717, 1.165) is 6.42 Å². The predicted octanol–water partition coefficient (Wildman–Crippen LogP) is 2.59. The first-order valence-electron chi connectivity index (χ1n) is 10.2. The Kier molecular flexibility index (Phi) is 8.20. The summed E-state index contributed by atoms with van der Waals surface area (Å²) in [6.07, 6.45) is 1.91. The number of nitrogens with zero attached hydrogens (tertiary/aromatic N) is 4. The van der Waals surface area contributed by atoms with Crippen LogP contribution in [-0.2, 0) is 29.6 Å². The minimum atomic E-state index is -0.653. The van der Waals surface area contributed by atoms with Crippen molar-refractivity contribution in [3.05, 3.63) is 60.0 Å². The second-order valence-corrected chi connectivity index (χ2v) is 7.93. The minimum Gasteiger partial charge on any atom is -0.481 e. The number of rotatable bonds is 10. The Morgan fingerprint density at radius 1 is 1.16 bits per heavy atom. The van der Waals surface area contributed by atoms with Gasteiger partial charge in [-0.15, -0.1) is 10.2 Å². The summed E-state index contributed by atoms with van der Waals surface area (Å²) in [5, 5.41) is 14.3. The van der Waals surface area contributed by atoms with Crippen molar-refractivity contribution in [3.63, 3.8) is 0 Å². The molecule has 2 aromatic heterocycles. The van der Waals surface area contributed by atoms with Crippen LogP contribution in [0, 0.1) is 0 Å². The Bertz CT molecular complexity index is 1040. The summed E-state index contributed by atoms with van der Waals surface area (Å²) in [5.74, 6) is 1.44. The third kappa shape index (κ3) is 6.55. The maximum absolute atomic E-state index is 12.4. The molecule has 0 spiro atoms. The van der Waals surface area contributed by atoms with E-state index in [4.69, 9.17) is 4.74 Å². The Balaban J connectivity index is 1.46. The number of aromatic nitrogens is 4. The molecule has 1 aromatic carbocycles. The van der Waals surface area contributed by atoms with E-state index in [1.807, 2.05) is 24.3 Å². The Labute approximate surface area is 191 Å². The van der Waals surface area contributed by atoms with E-state index in [2.05, 4.69) is 32.7 Å². The van der Waals surface area contributed by atoms with Crippen molar-refractivity contribution in [3.8, 4) is 5.75 Å². The molecule has 0 fully saturated rings. The molecular weight excluding hydrogens is 428 g/mol. The van der Waals surface area contributed by atoms with Crippen LogP contribution >= 0.6 is 11.8 Å². The molecule has 3 rings (SSSR count). The number of ether oxygens (including phenoxy) is 1. The lowest BCUT2D eigenvalue weighted by Crippen LogP contribution is -2.36. The number of nitrogens with one attached hydrogen (secondary N) is 2. The zero-order valence-electron chi connectivity index (χ0n) is 18.2. The van der Waals surface area contributed by atoms with Gasteiger partial charge < -0.3 is 19.9 Å². The van der Waals surface area contributed by atoms with Gasteiger partial charge in [-0.05, 0) is 43.2 Å². The number of hydrogen-bond acceptors (Lipinski definition) is 7. The van der Waals surface area contributed by atoms with E-state index < -0.39 is 6.10 Å². The lowest BCUT2D eigenvalue weighted by atomic mass is 10.2. The summed E-state index contributed by atoms with van der Waals surface area (Å²) in [7, 11) is 1.79. The molecule has 0 saturated carbocycles. The third-order valence-electron chi connectivity index (χ3n) is 4.62. The van der Waals surface area contributed by atoms with Gasteiger partial charge in [-0.2, -0.15) is 0 Å². The van der Waals surface area contributed by atoms with Crippen LogP contribution in [0.4, 0.5) is 5.82 Å². The largest absolute Gasteiger partial charge is 0.481 e. The van der Waals surface area contributed by atoms with Gasteiger partial charge in [-0.1, -0.05) is 36.9 Å². The molecule has 2 heterocycles. The molecule has 0 radical (unpaired) electrons. The van der Waals surface area contributed by atoms with Crippen LogP contribution < -0.4 is 15.4 Å². The second-order valence-electron chi connectivity index (χ2n) is 6.99. The van der Waals surface area contributed by atoms with Gasteiger partial charge in [0.1, 0.15) is 11.6 Å². The highest BCUT2D eigenvalue weighted by Crippen LogP contribution is 2.17. The zero-order chi connectivity index (χ0) is 22.9. The number of amides is 2. The topological polar surface area (TPSA) is 111 Å². The number of carbonyl (C=O) groups excluding carboxylic acids is 2. The number of anilines is 1. The molecular formula is C22H26N6O3S. The molecule has 0 saturated heterocycles. The third-order valence-corrected chi connectivity index (χ3v) is 5.64. The predicted molar refractivity (Wildman–Crippen MR) is 122 cm³/mol. The molecule has 0 aliphatic heterocycles. The molecule has 0 aliphatic carbocycles. The fourth-order valence-electron chi connectivity index (χ4n) is 2.74. The summed E-state index contributed by atoms with van der Waals surface area (Å²) in [5.41, 5.74) is 1.21. The molecule has 0 aliphatic rings. The molecule has 32 heavy (non-hydrogen) atoms. The first-order chi connectivity index (χ1) is 15.5. The van der Waals surface area contributed by atoms with Crippen LogP contribution in [0.1, 0.15) is 25.2 Å². The molecule has 9 nitrogen and oxygen atoms in total. The van der Waals surface area contributed by atoms with Crippen molar-refractivity contribution in [2.75, 3.05) is 11.1 Å². The maximum atomic E-state index is 12.4. The molecule has 1 atom stereocenters. The van der Waals surface area contributed by atoms with Gasteiger partial charge in [0.05, 0.1) is 12.3 Å². The summed E-state index contributed by atoms with van der Waals surface area (Å²) >= 11 is 1.25. The van der Waals surface area contributed by atoms with Crippen LogP contribution in [0.15, 0.2) is 53.8 Å². The molecule has 10 heteroatoms. The highest BCUT2D eigenvalue weighted by atomic mass is 32.2. The summed E-state index contributed by atoms with van der Waals surface area (Å²) < 4.78 is 7.45. The first kappa shape index (κ1) is 23.3. The zero-order valence-corrected chi connectivity index (χ0v) is 19.1. The second kappa shape index (κ2) is 11.3. The molecule has 0 bridgehead atoms. The number of benzene rings is 1. The van der Waals surface area contributed by atoms with E-state index >= 15 is 0 Å². The van der Waals surface area contributed by atoms with E-state index in [-0.39, 0.29) is 24.1 Å². The van der Waals surface area contributed by atoms with Crippen LogP contribution in [-0.4, -0.2) is 43.4 Å². The Hall–Kier alpha value is -3.40. The number of aryl methyl sites for hydroxylation is 1. The summed E-state index contributed by atoms with van der Waals surface area (Å²) in [6, 6.07) is 13.0. The Morgan fingerprint density at radius 2 is 1.94 bits per heavy atom. The average Bonchev–Trinajstić information content (AvgIpc) is 3.16. The smallest absolute Gasteiger partial charge is 0.261 e. The number of hydrogen-bond donors (Lipinski definition) is 2. The van der Waals surface area contributed by atoms with Crippen molar-refractivity contribution < 1.29 is 14.3 Å². The van der Waals surface area contributed by atoms with Crippen LogP contribution in [0.3, 0.4) is 0 Å². The minimum absolute atomic E-state index is 0.163. The molecule has 168 valence electrons. The molecule has 2 amide bonds. The fraction of sp³-hybridized carbons (Fsp3) is 0.318. The van der Waals surface area contributed by atoms with Gasteiger partial charge in [0.15, 0.2) is 17.1 Å². The van der Waals surface area contributed by atoms with Crippen molar-refractivity contribution in [1.29, 1.82) is 0 Å². The van der Waals surface area contributed by atoms with Crippen molar-refractivity contribution >= 4 is 29.4 Å². The van der Waals surface area contributed by atoms with Crippen molar-refractivity contribution in [1.82, 2.24) is 25.1 Å². The number of carbonyl (C=O) groups is 2. The highest BCUT2D eigenvalue weighted by Gasteiger charge is 2.17.